The summed E-state index contributed by atoms with van der Waals surface area (Å²) in [5.41, 5.74) is 3.25. The number of halogens is 2. The molecule has 6 nitrogen and oxygen atoms in total. The summed E-state index contributed by atoms with van der Waals surface area (Å²) in [4.78, 5) is 14.7. The molecule has 1 aliphatic heterocycles. The smallest absolute Gasteiger partial charge is 0.307 e. The number of nitrogens with zero attached hydrogens (tertiary/aromatic N) is 4. The van der Waals surface area contributed by atoms with Gasteiger partial charge in [0.05, 0.1) is 32.7 Å². The normalized spacial score (nSPS) is 14.1. The fourth-order valence-corrected chi connectivity index (χ4v) is 3.02. The molecule has 0 unspecified atom stereocenters. The predicted molar refractivity (Wildman–Crippen MR) is 83.5 cm³/mol. The Hall–Kier alpha value is -1.89. The maximum absolute atomic E-state index is 4.51. The molecule has 0 radical (unpaired) electrons. The van der Waals surface area contributed by atoms with Gasteiger partial charge in [0.1, 0.15) is 0 Å². The van der Waals surface area contributed by atoms with Gasteiger partial charge in [-0.1, -0.05) is 35.3 Å². The van der Waals surface area contributed by atoms with Gasteiger partial charge in [0, 0.05) is 0 Å². The number of anilines is 1. The highest BCUT2D eigenvalue weighted by molar-refractivity contribution is 5.80. The van der Waals surface area contributed by atoms with E-state index in [9.17, 15) is 0 Å². The van der Waals surface area contributed by atoms with Crippen molar-refractivity contribution in [2.75, 3.05) is 31.1 Å². The van der Waals surface area contributed by atoms with Gasteiger partial charge in [-0.2, -0.15) is 4.98 Å². The molecule has 4 rings (SSSR count). The van der Waals surface area contributed by atoms with Crippen molar-refractivity contribution in [3.63, 3.8) is 0 Å². The minimum absolute atomic E-state index is 0. The summed E-state index contributed by atoms with van der Waals surface area (Å²) in [6, 6.07) is 10.4. The van der Waals surface area contributed by atoms with Gasteiger partial charge in [-0.25, -0.2) is 4.57 Å². The lowest BCUT2D eigenvalue weighted by Gasteiger charge is -2.25. The summed E-state index contributed by atoms with van der Waals surface area (Å²) >= 11 is 0. The van der Waals surface area contributed by atoms with Crippen LogP contribution in [-0.2, 0) is 6.54 Å². The fourth-order valence-electron chi connectivity index (χ4n) is 3.02. The first-order valence-corrected chi connectivity index (χ1v) is 7.74. The lowest BCUT2D eigenvalue weighted by Crippen LogP contribution is -3.00. The van der Waals surface area contributed by atoms with E-state index in [-0.39, 0.29) is 24.8 Å². The van der Waals surface area contributed by atoms with Crippen molar-refractivity contribution in [3.8, 4) is 0 Å². The highest BCUT2D eigenvalue weighted by atomic mass is 35.5. The van der Waals surface area contributed by atoms with Crippen LogP contribution in [0.5, 0.6) is 0 Å². The molecule has 1 aliphatic rings. The average molecular weight is 367 g/mol. The van der Waals surface area contributed by atoms with Crippen LogP contribution in [0.1, 0.15) is 5.56 Å². The van der Waals surface area contributed by atoms with E-state index >= 15 is 0 Å². The Morgan fingerprint density at radius 2 is 1.83 bits per heavy atom. The molecule has 0 aliphatic carbocycles. The molecule has 128 valence electrons. The lowest BCUT2D eigenvalue weighted by atomic mass is 10.2. The maximum Gasteiger partial charge on any atom is 0.307 e. The van der Waals surface area contributed by atoms with Gasteiger partial charge < -0.3 is 35.0 Å². The Morgan fingerprint density at radius 3 is 2.58 bits per heavy atom. The first-order valence-electron chi connectivity index (χ1n) is 7.74. The summed E-state index contributed by atoms with van der Waals surface area (Å²) in [6.07, 6.45) is 3.66. The van der Waals surface area contributed by atoms with Crippen molar-refractivity contribution in [1.82, 2.24) is 15.0 Å². The molecular formula is C16H20Cl2N6. The van der Waals surface area contributed by atoms with E-state index in [1.165, 1.54) is 5.56 Å². The summed E-state index contributed by atoms with van der Waals surface area (Å²) in [5.74, 6) is 1.02. The van der Waals surface area contributed by atoms with Crippen molar-refractivity contribution in [1.29, 1.82) is 0 Å². The number of nitrogens with one attached hydrogen (secondary N) is 1. The van der Waals surface area contributed by atoms with Crippen molar-refractivity contribution in [2.45, 2.75) is 6.54 Å². The summed E-state index contributed by atoms with van der Waals surface area (Å²) in [5, 5.41) is 2.35. The molecule has 0 saturated carbocycles. The minimum atomic E-state index is 0. The molecule has 1 saturated heterocycles. The number of benzene rings is 1. The van der Waals surface area contributed by atoms with E-state index in [1.54, 1.807) is 6.33 Å². The molecule has 0 bridgehead atoms. The third kappa shape index (κ3) is 3.61. The Balaban J connectivity index is 0.00000104. The van der Waals surface area contributed by atoms with Crippen LogP contribution in [0.25, 0.3) is 11.2 Å². The third-order valence-corrected chi connectivity index (χ3v) is 4.15. The molecule has 1 fully saturated rings. The number of piperazine rings is 1. The SMILES string of the molecule is [Cl-].[Cl-].c1ccc(C[n+]2c[nH]c3c(N4CC[NH2+]CC4)ncnc32)cc1. The van der Waals surface area contributed by atoms with E-state index < -0.39 is 0 Å². The molecule has 3 heterocycles. The van der Waals surface area contributed by atoms with Crippen LogP contribution in [0.4, 0.5) is 5.82 Å². The number of hydrogen-bond acceptors (Lipinski definition) is 3. The topological polar surface area (TPSA) is 65.3 Å². The predicted octanol–water partition coefficient (Wildman–Crippen LogP) is -6.31. The fraction of sp³-hybridized carbons (Fsp3) is 0.312. The molecule has 0 atom stereocenters. The Morgan fingerprint density at radius 1 is 1.08 bits per heavy atom. The van der Waals surface area contributed by atoms with Crippen LogP contribution in [0.2, 0.25) is 0 Å². The van der Waals surface area contributed by atoms with Crippen LogP contribution in [-0.4, -0.2) is 41.1 Å². The van der Waals surface area contributed by atoms with Crippen LogP contribution >= 0.6 is 0 Å². The average Bonchev–Trinajstić information content (AvgIpc) is 3.00. The number of H-pyrrole nitrogens is 1. The standard InChI is InChI=1S/C16H18N6.2ClH/c1-2-4-13(5-3-1)10-22-12-20-14-15(18-11-19-16(14)22)21-8-6-17-7-9-21;;/h1-5,11-12,17H,6-10H2;2*1H. The van der Waals surface area contributed by atoms with Crippen molar-refractivity contribution >= 4 is 17.0 Å². The van der Waals surface area contributed by atoms with Gasteiger partial charge in [-0.05, 0) is 5.56 Å². The Kier molecular flexibility index (Phi) is 6.36. The summed E-state index contributed by atoms with van der Waals surface area (Å²) in [6.45, 7) is 5.12. The van der Waals surface area contributed by atoms with Gasteiger partial charge in [0.2, 0.25) is 5.52 Å². The van der Waals surface area contributed by atoms with E-state index in [0.29, 0.717) is 0 Å². The van der Waals surface area contributed by atoms with E-state index in [4.69, 9.17) is 0 Å². The van der Waals surface area contributed by atoms with Gasteiger partial charge in [0.15, 0.2) is 18.5 Å². The largest absolute Gasteiger partial charge is 1.00 e. The number of fused-ring (bicyclic) bond motifs is 1. The van der Waals surface area contributed by atoms with Gasteiger partial charge in [-0.15, -0.1) is 0 Å². The molecule has 3 aromatic rings. The Labute approximate surface area is 153 Å². The van der Waals surface area contributed by atoms with Crippen molar-refractivity contribution in [3.05, 3.63) is 48.5 Å². The highest BCUT2D eigenvalue weighted by Gasteiger charge is 2.22. The van der Waals surface area contributed by atoms with E-state index in [0.717, 1.165) is 49.7 Å². The first kappa shape index (κ1) is 18.4. The molecule has 2 aromatic heterocycles. The minimum Gasteiger partial charge on any atom is -1.00 e. The van der Waals surface area contributed by atoms with E-state index in [1.807, 2.05) is 12.4 Å². The second kappa shape index (κ2) is 8.28. The molecule has 3 N–H and O–H groups in total. The molecular weight excluding hydrogens is 347 g/mol. The zero-order valence-corrected chi connectivity index (χ0v) is 14.7. The number of quaternary nitrogens is 1. The number of nitrogens with two attached hydrogens (primary N) is 1. The zero-order valence-electron chi connectivity index (χ0n) is 13.2. The lowest BCUT2D eigenvalue weighted by molar-refractivity contribution is -0.664. The monoisotopic (exact) mass is 366 g/mol. The van der Waals surface area contributed by atoms with Crippen molar-refractivity contribution in [2.24, 2.45) is 0 Å². The second-order valence-corrected chi connectivity index (χ2v) is 5.64. The van der Waals surface area contributed by atoms with Crippen LogP contribution < -0.4 is 39.6 Å². The number of aromatic nitrogens is 4. The molecule has 1 aromatic carbocycles. The number of rotatable bonds is 3. The number of aromatic amines is 1. The second-order valence-electron chi connectivity index (χ2n) is 5.64. The van der Waals surface area contributed by atoms with Crippen molar-refractivity contribution < 1.29 is 34.7 Å². The summed E-state index contributed by atoms with van der Waals surface area (Å²) in [7, 11) is 0. The molecule has 24 heavy (non-hydrogen) atoms. The highest BCUT2D eigenvalue weighted by Crippen LogP contribution is 2.18. The first-order chi connectivity index (χ1) is 10.9. The zero-order chi connectivity index (χ0) is 14.8. The number of imidazole rings is 1. The van der Waals surface area contributed by atoms with Gasteiger partial charge >= 0.3 is 5.65 Å². The molecule has 0 spiro atoms. The quantitative estimate of drug-likeness (QED) is 0.453. The third-order valence-electron chi connectivity index (χ3n) is 4.15. The molecule has 8 heteroatoms. The van der Waals surface area contributed by atoms with Crippen LogP contribution in [0, 0.1) is 0 Å². The number of hydrogen-bond donors (Lipinski definition) is 2. The maximum atomic E-state index is 4.51. The van der Waals surface area contributed by atoms with Crippen LogP contribution in [0.3, 0.4) is 0 Å². The van der Waals surface area contributed by atoms with E-state index in [2.05, 4.69) is 54.0 Å². The summed E-state index contributed by atoms with van der Waals surface area (Å²) < 4.78 is 2.14. The molecule has 0 amide bonds. The van der Waals surface area contributed by atoms with Gasteiger partial charge in [-0.3, -0.25) is 4.98 Å². The van der Waals surface area contributed by atoms with Crippen LogP contribution in [0.15, 0.2) is 43.0 Å². The Bertz CT molecular complexity index is 771. The van der Waals surface area contributed by atoms with Gasteiger partial charge in [0.25, 0.3) is 0 Å².